The standard InChI is InChI=1S/C13H21NO2.C2H2O4/c1-11-6-7-12(13(10-11)15-3)16-9-5-4-8-14-2;3-1(4)2(5)6/h6-7,10,14H,4-5,8-9H2,1-3H3;(H,3,4)(H,5,6). The lowest BCUT2D eigenvalue weighted by atomic mass is 10.2. The van der Waals surface area contributed by atoms with Gasteiger partial charge in [0.15, 0.2) is 11.5 Å². The average Bonchev–Trinajstić information content (AvgIpc) is 2.48. The number of hydrogen-bond acceptors (Lipinski definition) is 5. The van der Waals surface area contributed by atoms with Crippen LogP contribution in [-0.4, -0.2) is 49.5 Å². The van der Waals surface area contributed by atoms with E-state index in [0.29, 0.717) is 0 Å². The van der Waals surface area contributed by atoms with E-state index < -0.39 is 11.9 Å². The summed E-state index contributed by atoms with van der Waals surface area (Å²) in [6, 6.07) is 5.99. The summed E-state index contributed by atoms with van der Waals surface area (Å²) in [5.74, 6) is -2.00. The first-order valence-electron chi connectivity index (χ1n) is 6.80. The fourth-order valence-corrected chi connectivity index (χ4v) is 1.48. The summed E-state index contributed by atoms with van der Waals surface area (Å²) >= 11 is 0. The number of benzene rings is 1. The molecule has 0 saturated heterocycles. The van der Waals surface area contributed by atoms with E-state index in [9.17, 15) is 0 Å². The molecular weight excluding hydrogens is 290 g/mol. The largest absolute Gasteiger partial charge is 0.493 e. The van der Waals surface area contributed by atoms with Gasteiger partial charge in [0.2, 0.25) is 0 Å². The van der Waals surface area contributed by atoms with Crippen molar-refractivity contribution in [1.29, 1.82) is 0 Å². The number of methoxy groups -OCH3 is 1. The third-order valence-corrected chi connectivity index (χ3v) is 2.58. The molecule has 124 valence electrons. The van der Waals surface area contributed by atoms with E-state index in [2.05, 4.69) is 5.32 Å². The molecule has 7 nitrogen and oxygen atoms in total. The van der Waals surface area contributed by atoms with Gasteiger partial charge in [0.25, 0.3) is 0 Å². The Morgan fingerprint density at radius 3 is 2.27 bits per heavy atom. The normalized spacial score (nSPS) is 9.41. The third-order valence-electron chi connectivity index (χ3n) is 2.58. The molecule has 0 amide bonds. The van der Waals surface area contributed by atoms with E-state index >= 15 is 0 Å². The van der Waals surface area contributed by atoms with Crippen LogP contribution in [-0.2, 0) is 9.59 Å². The summed E-state index contributed by atoms with van der Waals surface area (Å²) in [4.78, 5) is 18.2. The number of carboxylic acids is 2. The zero-order chi connectivity index (χ0) is 17.0. The zero-order valence-corrected chi connectivity index (χ0v) is 13.1. The average molecular weight is 313 g/mol. The first-order chi connectivity index (χ1) is 10.4. The molecule has 0 atom stereocenters. The predicted octanol–water partition coefficient (Wildman–Crippen LogP) is 1.54. The maximum Gasteiger partial charge on any atom is 0.414 e. The van der Waals surface area contributed by atoms with E-state index in [1.54, 1.807) is 7.11 Å². The van der Waals surface area contributed by atoms with E-state index in [-0.39, 0.29) is 0 Å². The highest BCUT2D eigenvalue weighted by atomic mass is 16.5. The molecule has 0 bridgehead atoms. The van der Waals surface area contributed by atoms with Gasteiger partial charge < -0.3 is 25.0 Å². The Morgan fingerprint density at radius 2 is 1.77 bits per heavy atom. The van der Waals surface area contributed by atoms with Gasteiger partial charge in [-0.1, -0.05) is 6.07 Å². The van der Waals surface area contributed by atoms with Crippen LogP contribution in [0.1, 0.15) is 18.4 Å². The molecule has 0 radical (unpaired) electrons. The van der Waals surface area contributed by atoms with Crippen LogP contribution in [0.2, 0.25) is 0 Å². The molecule has 0 spiro atoms. The fraction of sp³-hybridized carbons (Fsp3) is 0.467. The van der Waals surface area contributed by atoms with Crippen molar-refractivity contribution in [3.63, 3.8) is 0 Å². The summed E-state index contributed by atoms with van der Waals surface area (Å²) < 4.78 is 10.9. The highest BCUT2D eigenvalue weighted by molar-refractivity contribution is 6.27. The Bertz CT molecular complexity index is 463. The molecule has 0 heterocycles. The molecule has 22 heavy (non-hydrogen) atoms. The summed E-state index contributed by atoms with van der Waals surface area (Å²) in [7, 11) is 3.63. The van der Waals surface area contributed by atoms with E-state index in [1.807, 2.05) is 32.2 Å². The number of ether oxygens (including phenoxy) is 2. The SMILES string of the molecule is CNCCCCOc1ccc(C)cc1OC.O=C(O)C(=O)O. The summed E-state index contributed by atoms with van der Waals surface area (Å²) in [5.41, 5.74) is 1.18. The van der Waals surface area contributed by atoms with Crippen molar-refractivity contribution in [3.05, 3.63) is 23.8 Å². The van der Waals surface area contributed by atoms with Crippen LogP contribution in [0.25, 0.3) is 0 Å². The maximum atomic E-state index is 9.10. The lowest BCUT2D eigenvalue weighted by Crippen LogP contribution is -2.09. The van der Waals surface area contributed by atoms with Crippen molar-refractivity contribution in [2.24, 2.45) is 0 Å². The van der Waals surface area contributed by atoms with Gasteiger partial charge in [-0.15, -0.1) is 0 Å². The molecule has 0 aliphatic carbocycles. The van der Waals surface area contributed by atoms with E-state index in [4.69, 9.17) is 29.3 Å². The molecule has 0 unspecified atom stereocenters. The Labute approximate surface area is 129 Å². The fourth-order valence-electron chi connectivity index (χ4n) is 1.48. The molecule has 0 aliphatic heterocycles. The molecule has 3 N–H and O–H groups in total. The summed E-state index contributed by atoms with van der Waals surface area (Å²) in [5, 5.41) is 17.9. The number of nitrogens with one attached hydrogen (secondary N) is 1. The minimum atomic E-state index is -1.82. The predicted molar refractivity (Wildman–Crippen MR) is 81.7 cm³/mol. The number of aliphatic carboxylic acids is 2. The highest BCUT2D eigenvalue weighted by Crippen LogP contribution is 2.27. The minimum Gasteiger partial charge on any atom is -0.493 e. The number of aryl methyl sites for hydroxylation is 1. The van der Waals surface area contributed by atoms with Gasteiger partial charge in [-0.3, -0.25) is 0 Å². The molecule has 0 aromatic heterocycles. The molecule has 1 aromatic carbocycles. The van der Waals surface area contributed by atoms with Crippen molar-refractivity contribution in [1.82, 2.24) is 5.32 Å². The summed E-state index contributed by atoms with van der Waals surface area (Å²) in [6.07, 6.45) is 2.18. The Hall–Kier alpha value is -2.28. The smallest absolute Gasteiger partial charge is 0.414 e. The van der Waals surface area contributed by atoms with Gasteiger partial charge in [-0.2, -0.15) is 0 Å². The first-order valence-corrected chi connectivity index (χ1v) is 6.80. The lowest BCUT2D eigenvalue weighted by molar-refractivity contribution is -0.159. The zero-order valence-electron chi connectivity index (χ0n) is 13.1. The van der Waals surface area contributed by atoms with Gasteiger partial charge in [0.1, 0.15) is 0 Å². The maximum absolute atomic E-state index is 9.10. The number of unbranched alkanes of at least 4 members (excludes halogenated alkanes) is 1. The first kappa shape index (κ1) is 19.7. The monoisotopic (exact) mass is 313 g/mol. The van der Waals surface area contributed by atoms with Gasteiger partial charge in [0.05, 0.1) is 13.7 Å². The minimum absolute atomic E-state index is 0.737. The van der Waals surface area contributed by atoms with Crippen LogP contribution in [0.4, 0.5) is 0 Å². The number of hydrogen-bond donors (Lipinski definition) is 3. The number of carboxylic acid groups (broad SMARTS) is 2. The Morgan fingerprint density at radius 1 is 1.14 bits per heavy atom. The van der Waals surface area contributed by atoms with Crippen LogP contribution in [0, 0.1) is 6.92 Å². The van der Waals surface area contributed by atoms with Crippen LogP contribution in [0.3, 0.4) is 0 Å². The number of carbonyl (C=O) groups is 2. The van der Waals surface area contributed by atoms with Crippen LogP contribution in [0.5, 0.6) is 11.5 Å². The molecular formula is C15H23NO6. The topological polar surface area (TPSA) is 105 Å². The Kier molecular flexibility index (Phi) is 10.2. The highest BCUT2D eigenvalue weighted by Gasteiger charge is 2.04. The molecule has 0 aliphatic rings. The van der Waals surface area contributed by atoms with Crippen LogP contribution < -0.4 is 14.8 Å². The van der Waals surface area contributed by atoms with Crippen molar-refractivity contribution in [2.45, 2.75) is 19.8 Å². The molecule has 7 heteroatoms. The molecule has 1 rings (SSSR count). The second kappa shape index (κ2) is 11.4. The van der Waals surface area contributed by atoms with Gasteiger partial charge in [0, 0.05) is 0 Å². The quantitative estimate of drug-likeness (QED) is 0.518. The molecule has 0 saturated carbocycles. The molecule has 0 fully saturated rings. The van der Waals surface area contributed by atoms with Crippen molar-refractivity contribution in [3.8, 4) is 11.5 Å². The van der Waals surface area contributed by atoms with Crippen molar-refractivity contribution < 1.29 is 29.3 Å². The molecule has 1 aromatic rings. The van der Waals surface area contributed by atoms with Crippen molar-refractivity contribution >= 4 is 11.9 Å². The van der Waals surface area contributed by atoms with E-state index in [1.165, 1.54) is 5.56 Å². The third kappa shape index (κ3) is 8.80. The van der Waals surface area contributed by atoms with Gasteiger partial charge in [-0.25, -0.2) is 9.59 Å². The van der Waals surface area contributed by atoms with Crippen LogP contribution >= 0.6 is 0 Å². The second-order valence-electron chi connectivity index (χ2n) is 4.42. The van der Waals surface area contributed by atoms with E-state index in [0.717, 1.165) is 37.5 Å². The lowest BCUT2D eigenvalue weighted by Gasteiger charge is -2.11. The van der Waals surface area contributed by atoms with Crippen LogP contribution in [0.15, 0.2) is 18.2 Å². The van der Waals surface area contributed by atoms with Gasteiger partial charge >= 0.3 is 11.9 Å². The summed E-state index contributed by atoms with van der Waals surface area (Å²) in [6.45, 7) is 3.81. The second-order valence-corrected chi connectivity index (χ2v) is 4.42. The number of rotatable bonds is 7. The van der Waals surface area contributed by atoms with Gasteiger partial charge in [-0.05, 0) is 51.1 Å². The Balaban J connectivity index is 0.000000626. The van der Waals surface area contributed by atoms with Crippen molar-refractivity contribution in [2.75, 3.05) is 27.3 Å².